The van der Waals surface area contributed by atoms with Gasteiger partial charge in [0.05, 0.1) is 11.7 Å². The van der Waals surface area contributed by atoms with E-state index < -0.39 is 11.2 Å². The molecule has 6 heteroatoms. The van der Waals surface area contributed by atoms with Crippen LogP contribution in [0.1, 0.15) is 43.7 Å². The van der Waals surface area contributed by atoms with Crippen LogP contribution in [0.25, 0.3) is 28.0 Å². The zero-order valence-corrected chi connectivity index (χ0v) is 17.8. The van der Waals surface area contributed by atoms with Gasteiger partial charge < -0.3 is 9.97 Å². The van der Waals surface area contributed by atoms with Crippen LogP contribution in [0.4, 0.5) is 0 Å². The van der Waals surface area contributed by atoms with Crippen LogP contribution in [0.15, 0.2) is 68.8 Å². The number of H-pyrrole nitrogens is 2. The molecule has 0 fully saturated rings. The summed E-state index contributed by atoms with van der Waals surface area (Å²) in [5.41, 5.74) is 3.74. The second-order valence-electron chi connectivity index (χ2n) is 7.80. The number of fused-ring (bicyclic) bond motifs is 3. The van der Waals surface area contributed by atoms with Gasteiger partial charge in [-0.25, -0.2) is 4.79 Å². The molecule has 31 heavy (non-hydrogen) atoms. The number of aromatic amines is 2. The van der Waals surface area contributed by atoms with Crippen molar-refractivity contribution in [1.82, 2.24) is 14.6 Å². The Bertz CT molecular complexity index is 1390. The van der Waals surface area contributed by atoms with Gasteiger partial charge in [0.1, 0.15) is 5.52 Å². The lowest BCUT2D eigenvalue weighted by Gasteiger charge is -2.03. The maximum atomic E-state index is 13.0. The Morgan fingerprint density at radius 3 is 2.61 bits per heavy atom. The predicted molar refractivity (Wildman–Crippen MR) is 128 cm³/mol. The third-order valence-electron chi connectivity index (χ3n) is 5.34. The fourth-order valence-electron chi connectivity index (χ4n) is 3.71. The van der Waals surface area contributed by atoms with Gasteiger partial charge in [0.2, 0.25) is 0 Å². The highest BCUT2D eigenvalue weighted by molar-refractivity contribution is 6.04. The monoisotopic (exact) mass is 414 g/mol. The Balaban J connectivity index is 1.76. The Hall–Kier alpha value is -3.67. The van der Waals surface area contributed by atoms with E-state index in [1.54, 1.807) is 6.21 Å². The molecule has 0 spiro atoms. The zero-order chi connectivity index (χ0) is 21.8. The molecule has 0 atom stereocenters. The summed E-state index contributed by atoms with van der Waals surface area (Å²) in [7, 11) is 0. The lowest BCUT2D eigenvalue weighted by Crippen LogP contribution is -2.32. The average molecular weight is 415 g/mol. The first-order valence-electron chi connectivity index (χ1n) is 10.6. The average Bonchev–Trinajstić information content (AvgIpc) is 3.12. The van der Waals surface area contributed by atoms with E-state index in [0.29, 0.717) is 11.0 Å². The van der Waals surface area contributed by atoms with E-state index in [-0.39, 0.29) is 0 Å². The van der Waals surface area contributed by atoms with Crippen molar-refractivity contribution >= 4 is 34.2 Å². The number of unbranched alkanes of at least 4 members (excludes halogenated alkanes) is 2. The number of hydrogen-bond donors (Lipinski definition) is 2. The van der Waals surface area contributed by atoms with Gasteiger partial charge in [0.15, 0.2) is 0 Å². The number of nitrogens with one attached hydrogen (secondary N) is 2. The first-order valence-corrected chi connectivity index (χ1v) is 10.6. The fraction of sp³-hybridized carbons (Fsp3) is 0.240. The maximum Gasteiger partial charge on any atom is 0.350 e. The summed E-state index contributed by atoms with van der Waals surface area (Å²) in [6, 6.07) is 15.8. The fourth-order valence-corrected chi connectivity index (χ4v) is 3.71. The Kier molecular flexibility index (Phi) is 5.98. The maximum absolute atomic E-state index is 13.0. The van der Waals surface area contributed by atoms with Crippen molar-refractivity contribution in [2.75, 3.05) is 0 Å². The Labute approximate surface area is 179 Å². The number of allylic oxidation sites excluding steroid dienone is 1. The molecule has 0 aliphatic heterocycles. The van der Waals surface area contributed by atoms with Gasteiger partial charge >= 0.3 is 11.2 Å². The van der Waals surface area contributed by atoms with Gasteiger partial charge in [-0.3, -0.25) is 4.79 Å². The minimum atomic E-state index is -0.552. The van der Waals surface area contributed by atoms with Crippen LogP contribution < -0.4 is 11.2 Å². The molecule has 4 rings (SSSR count). The van der Waals surface area contributed by atoms with Crippen LogP contribution in [0.2, 0.25) is 0 Å². The van der Waals surface area contributed by atoms with Crippen molar-refractivity contribution in [2.24, 2.45) is 5.10 Å². The summed E-state index contributed by atoms with van der Waals surface area (Å²) < 4.78 is 0.892. The molecular weight excluding hydrogens is 388 g/mol. The van der Waals surface area contributed by atoms with E-state index in [9.17, 15) is 9.59 Å². The third-order valence-corrected chi connectivity index (χ3v) is 5.34. The Morgan fingerprint density at radius 1 is 1.03 bits per heavy atom. The molecule has 2 aromatic heterocycles. The van der Waals surface area contributed by atoms with E-state index in [4.69, 9.17) is 0 Å². The van der Waals surface area contributed by atoms with E-state index in [1.807, 2.05) is 61.5 Å². The summed E-state index contributed by atoms with van der Waals surface area (Å²) in [6.45, 7) is 4.13. The van der Waals surface area contributed by atoms with Crippen molar-refractivity contribution in [1.29, 1.82) is 0 Å². The number of aryl methyl sites for hydroxylation is 1. The summed E-state index contributed by atoms with van der Waals surface area (Å²) >= 11 is 0. The Morgan fingerprint density at radius 2 is 1.84 bits per heavy atom. The molecule has 2 N–H and O–H groups in total. The molecule has 4 aromatic rings. The summed E-state index contributed by atoms with van der Waals surface area (Å²) in [4.78, 5) is 31.6. The number of rotatable bonds is 7. The standard InChI is InChI=1S/C25H26N4O2/c1-3-4-6-11-19(15-18-9-7-5-8-10-18)16-26-29-24(30)23-22(28-25(29)31)20-14-17(2)12-13-21(20)27-23/h5,7-10,12-16,27H,3-4,6,11H2,1-2H3,(H,28,31)/b19-15-,26-16+. The van der Waals surface area contributed by atoms with Gasteiger partial charge in [0, 0.05) is 10.9 Å². The van der Waals surface area contributed by atoms with Crippen molar-refractivity contribution in [3.63, 3.8) is 0 Å². The number of hydrogen-bond acceptors (Lipinski definition) is 3. The SMILES string of the molecule is CCCCCC(=C/c1ccccc1)/C=N/n1c(=O)[nH]c2c([nH]c3ccc(C)cc32)c1=O. The van der Waals surface area contributed by atoms with Crippen LogP contribution in [0.5, 0.6) is 0 Å². The van der Waals surface area contributed by atoms with E-state index >= 15 is 0 Å². The largest absolute Gasteiger partial charge is 0.350 e. The van der Waals surface area contributed by atoms with Gasteiger partial charge in [0.25, 0.3) is 0 Å². The van der Waals surface area contributed by atoms with Crippen LogP contribution in [0.3, 0.4) is 0 Å². The number of aromatic nitrogens is 3. The molecule has 0 aliphatic carbocycles. The van der Waals surface area contributed by atoms with Crippen LogP contribution in [0, 0.1) is 6.92 Å². The summed E-state index contributed by atoms with van der Waals surface area (Å²) in [5.74, 6) is 0. The minimum Gasteiger partial charge on any atom is -0.349 e. The lowest BCUT2D eigenvalue weighted by atomic mass is 10.1. The highest BCUT2D eigenvalue weighted by atomic mass is 16.2. The molecule has 0 amide bonds. The lowest BCUT2D eigenvalue weighted by molar-refractivity contribution is 0.722. The van der Waals surface area contributed by atoms with Gasteiger partial charge in [-0.05, 0) is 43.0 Å². The highest BCUT2D eigenvalue weighted by Gasteiger charge is 2.12. The first kappa shape index (κ1) is 20.6. The molecule has 2 heterocycles. The topological polar surface area (TPSA) is 83.0 Å². The van der Waals surface area contributed by atoms with Crippen molar-refractivity contribution < 1.29 is 0 Å². The quantitative estimate of drug-likeness (QED) is 0.330. The van der Waals surface area contributed by atoms with Gasteiger partial charge in [-0.2, -0.15) is 5.10 Å². The van der Waals surface area contributed by atoms with E-state index in [1.165, 1.54) is 0 Å². The normalized spacial score (nSPS) is 12.4. The second kappa shape index (κ2) is 9.00. The molecule has 0 aliphatic rings. The van der Waals surface area contributed by atoms with Crippen LogP contribution in [-0.4, -0.2) is 20.9 Å². The molecule has 0 radical (unpaired) electrons. The number of nitrogens with zero attached hydrogens (tertiary/aromatic N) is 2. The zero-order valence-electron chi connectivity index (χ0n) is 17.8. The van der Waals surface area contributed by atoms with Crippen molar-refractivity contribution in [2.45, 2.75) is 39.5 Å². The first-order chi connectivity index (χ1) is 15.1. The highest BCUT2D eigenvalue weighted by Crippen LogP contribution is 2.21. The summed E-state index contributed by atoms with van der Waals surface area (Å²) in [6.07, 6.45) is 7.74. The smallest absolute Gasteiger partial charge is 0.349 e. The van der Waals surface area contributed by atoms with E-state index in [0.717, 1.165) is 58.0 Å². The minimum absolute atomic E-state index is 0.344. The molecule has 2 aromatic carbocycles. The summed E-state index contributed by atoms with van der Waals surface area (Å²) in [5, 5.41) is 5.09. The van der Waals surface area contributed by atoms with Crippen LogP contribution >= 0.6 is 0 Å². The van der Waals surface area contributed by atoms with Crippen molar-refractivity contribution in [3.05, 3.63) is 86.1 Å². The molecule has 158 valence electrons. The molecule has 0 saturated carbocycles. The van der Waals surface area contributed by atoms with Gasteiger partial charge in [-0.15, -0.1) is 4.68 Å². The third kappa shape index (κ3) is 4.43. The molecule has 0 unspecified atom stereocenters. The molecule has 0 saturated heterocycles. The number of benzene rings is 2. The van der Waals surface area contributed by atoms with E-state index in [2.05, 4.69) is 22.0 Å². The molecule has 6 nitrogen and oxygen atoms in total. The van der Waals surface area contributed by atoms with Crippen LogP contribution in [-0.2, 0) is 0 Å². The predicted octanol–water partition coefficient (Wildman–Crippen LogP) is 4.98. The second-order valence-corrected chi connectivity index (χ2v) is 7.80. The van der Waals surface area contributed by atoms with Gasteiger partial charge in [-0.1, -0.05) is 67.8 Å². The molecule has 0 bridgehead atoms. The molecular formula is C25H26N4O2. The van der Waals surface area contributed by atoms with Crippen molar-refractivity contribution in [3.8, 4) is 0 Å².